The van der Waals surface area contributed by atoms with Crippen LogP contribution in [0, 0.1) is 5.82 Å². The van der Waals surface area contributed by atoms with Gasteiger partial charge >= 0.3 is 5.97 Å². The van der Waals surface area contributed by atoms with Crippen LogP contribution >= 0.6 is 22.9 Å². The van der Waals surface area contributed by atoms with Crippen molar-refractivity contribution < 1.29 is 18.7 Å². The molecule has 1 aromatic heterocycles. The summed E-state index contributed by atoms with van der Waals surface area (Å²) in [4.78, 5) is 32.5. The molecule has 0 amide bonds. The van der Waals surface area contributed by atoms with Crippen molar-refractivity contribution in [2.75, 3.05) is 13.7 Å². The van der Waals surface area contributed by atoms with Crippen molar-refractivity contribution in [2.45, 2.75) is 13.0 Å². The predicted molar refractivity (Wildman–Crippen MR) is 145 cm³/mol. The second-order valence-electron chi connectivity index (χ2n) is 8.37. The molecule has 192 valence electrons. The van der Waals surface area contributed by atoms with E-state index in [1.807, 2.05) is 30.3 Å². The summed E-state index contributed by atoms with van der Waals surface area (Å²) >= 11 is 7.38. The molecule has 0 spiro atoms. The minimum absolute atomic E-state index is 0.138. The molecule has 38 heavy (non-hydrogen) atoms. The lowest BCUT2D eigenvalue weighted by atomic mass is 9.93. The van der Waals surface area contributed by atoms with Gasteiger partial charge in [-0.15, -0.1) is 0 Å². The summed E-state index contributed by atoms with van der Waals surface area (Å²) in [7, 11) is 1.54. The van der Waals surface area contributed by atoms with Gasteiger partial charge in [0.25, 0.3) is 5.56 Å². The fourth-order valence-electron chi connectivity index (χ4n) is 4.36. The van der Waals surface area contributed by atoms with E-state index in [1.165, 1.54) is 35.1 Å². The third-order valence-electron chi connectivity index (χ3n) is 6.04. The molecule has 9 heteroatoms. The van der Waals surface area contributed by atoms with Crippen LogP contribution in [0.2, 0.25) is 5.02 Å². The number of esters is 1. The van der Waals surface area contributed by atoms with Gasteiger partial charge < -0.3 is 9.47 Å². The first kappa shape index (κ1) is 25.6. The zero-order valence-corrected chi connectivity index (χ0v) is 22.1. The highest BCUT2D eigenvalue weighted by atomic mass is 35.5. The van der Waals surface area contributed by atoms with Crippen molar-refractivity contribution in [3.8, 4) is 5.75 Å². The predicted octanol–water partition coefficient (Wildman–Crippen LogP) is 4.74. The number of hydrogen-bond acceptors (Lipinski definition) is 6. The van der Waals surface area contributed by atoms with Crippen molar-refractivity contribution in [2.24, 2.45) is 4.99 Å². The quantitative estimate of drug-likeness (QED) is 0.326. The summed E-state index contributed by atoms with van der Waals surface area (Å²) in [5, 5.41) is 0.491. The zero-order valence-electron chi connectivity index (χ0n) is 20.5. The highest BCUT2D eigenvalue weighted by Crippen LogP contribution is 2.35. The maximum Gasteiger partial charge on any atom is 0.338 e. The van der Waals surface area contributed by atoms with Crippen LogP contribution in [0.4, 0.5) is 4.39 Å². The zero-order chi connectivity index (χ0) is 26.8. The van der Waals surface area contributed by atoms with Crippen LogP contribution in [0.3, 0.4) is 0 Å². The van der Waals surface area contributed by atoms with Gasteiger partial charge in [-0.25, -0.2) is 14.2 Å². The molecular formula is C29H22ClFN2O4S. The molecule has 4 aromatic rings. The fraction of sp³-hybridized carbons (Fsp3) is 0.138. The number of rotatable bonds is 6. The highest BCUT2D eigenvalue weighted by Gasteiger charge is 2.35. The molecule has 0 bridgehead atoms. The van der Waals surface area contributed by atoms with Crippen molar-refractivity contribution in [1.29, 1.82) is 0 Å². The second kappa shape index (κ2) is 10.8. The first-order valence-electron chi connectivity index (χ1n) is 11.8. The molecule has 6 nitrogen and oxygen atoms in total. The molecule has 3 aromatic carbocycles. The van der Waals surface area contributed by atoms with Crippen LogP contribution in [0.1, 0.15) is 29.7 Å². The van der Waals surface area contributed by atoms with E-state index < -0.39 is 17.8 Å². The lowest BCUT2D eigenvalue weighted by Crippen LogP contribution is -2.40. The fourth-order valence-corrected chi connectivity index (χ4v) is 5.53. The van der Waals surface area contributed by atoms with E-state index in [2.05, 4.69) is 0 Å². The maximum atomic E-state index is 13.9. The number of aromatic nitrogens is 1. The largest absolute Gasteiger partial charge is 0.496 e. The van der Waals surface area contributed by atoms with Gasteiger partial charge in [-0.2, -0.15) is 0 Å². The SMILES string of the molecule is CCOC(=O)C1=C(c2ccccc2)N=c2sc(=Cc3cc(Cl)ccc3OC)c(=O)n2C1c1ccc(F)cc1. The summed E-state index contributed by atoms with van der Waals surface area (Å²) < 4.78 is 26.6. The van der Waals surface area contributed by atoms with Crippen molar-refractivity contribution in [3.63, 3.8) is 0 Å². The molecule has 0 saturated carbocycles. The Balaban J connectivity index is 1.84. The lowest BCUT2D eigenvalue weighted by molar-refractivity contribution is -0.138. The van der Waals surface area contributed by atoms with Gasteiger partial charge in [-0.1, -0.05) is 65.4 Å². The van der Waals surface area contributed by atoms with Gasteiger partial charge in [0.05, 0.1) is 35.6 Å². The Morgan fingerprint density at radius 1 is 1.13 bits per heavy atom. The molecule has 0 N–H and O–H groups in total. The Hall–Kier alpha value is -4.01. The number of benzene rings is 3. The molecule has 2 heterocycles. The molecule has 0 aliphatic carbocycles. The van der Waals surface area contributed by atoms with Crippen molar-refractivity contribution >= 4 is 40.7 Å². The summed E-state index contributed by atoms with van der Waals surface area (Å²) in [6, 6.07) is 19.2. The first-order valence-corrected chi connectivity index (χ1v) is 13.0. The summed E-state index contributed by atoms with van der Waals surface area (Å²) in [5.41, 5.74) is 2.09. The number of halogens is 2. The van der Waals surface area contributed by atoms with Gasteiger partial charge in [-0.05, 0) is 48.9 Å². The number of carbonyl (C=O) groups is 1. The molecule has 1 aliphatic rings. The van der Waals surface area contributed by atoms with E-state index in [0.29, 0.717) is 42.5 Å². The van der Waals surface area contributed by atoms with E-state index >= 15 is 0 Å². The van der Waals surface area contributed by atoms with Crippen LogP contribution in [0.5, 0.6) is 5.75 Å². The number of nitrogens with zero attached hydrogens (tertiary/aromatic N) is 2. The second-order valence-corrected chi connectivity index (χ2v) is 9.81. The Labute approximate surface area is 226 Å². The molecule has 1 aliphatic heterocycles. The Kier molecular flexibility index (Phi) is 7.26. The van der Waals surface area contributed by atoms with Gasteiger partial charge in [0, 0.05) is 16.1 Å². The maximum absolute atomic E-state index is 13.9. The van der Waals surface area contributed by atoms with Gasteiger partial charge in [0.2, 0.25) is 0 Å². The Morgan fingerprint density at radius 3 is 2.55 bits per heavy atom. The average Bonchev–Trinajstić information content (AvgIpc) is 3.23. The number of fused-ring (bicyclic) bond motifs is 1. The summed E-state index contributed by atoms with van der Waals surface area (Å²) in [5.74, 6) is -0.484. The minimum atomic E-state index is -0.885. The normalized spacial score (nSPS) is 15.2. The molecule has 5 rings (SSSR count). The molecule has 1 unspecified atom stereocenters. The molecular weight excluding hydrogens is 527 g/mol. The topological polar surface area (TPSA) is 69.9 Å². The number of hydrogen-bond donors (Lipinski definition) is 0. The van der Waals surface area contributed by atoms with E-state index in [1.54, 1.807) is 43.3 Å². The number of carbonyl (C=O) groups excluding carboxylic acids is 1. The van der Waals surface area contributed by atoms with Crippen LogP contribution in [0.15, 0.2) is 88.2 Å². The van der Waals surface area contributed by atoms with E-state index in [-0.39, 0.29) is 17.7 Å². The van der Waals surface area contributed by atoms with Crippen LogP contribution in [-0.2, 0) is 9.53 Å². The van der Waals surface area contributed by atoms with E-state index in [4.69, 9.17) is 26.1 Å². The molecule has 0 saturated heterocycles. The average molecular weight is 549 g/mol. The van der Waals surface area contributed by atoms with Crippen LogP contribution < -0.4 is 19.6 Å². The first-order chi connectivity index (χ1) is 18.4. The summed E-state index contributed by atoms with van der Waals surface area (Å²) in [6.45, 7) is 1.85. The number of methoxy groups -OCH3 is 1. The molecule has 1 atom stereocenters. The smallest absolute Gasteiger partial charge is 0.338 e. The molecule has 0 radical (unpaired) electrons. The Bertz CT molecular complexity index is 1730. The van der Waals surface area contributed by atoms with Crippen molar-refractivity contribution in [3.05, 3.63) is 126 Å². The van der Waals surface area contributed by atoms with E-state index in [9.17, 15) is 14.0 Å². The van der Waals surface area contributed by atoms with Gasteiger partial charge in [0.15, 0.2) is 4.80 Å². The lowest BCUT2D eigenvalue weighted by Gasteiger charge is -2.25. The standard InChI is InChI=1S/C29H22ClFN2O4S/c1-3-37-28(35)24-25(17-7-5-4-6-8-17)32-29-33(26(24)18-9-12-21(31)13-10-18)27(34)23(38-29)16-19-15-20(30)11-14-22(19)36-2/h4-16,26H,3H2,1-2H3. The van der Waals surface area contributed by atoms with E-state index in [0.717, 1.165) is 0 Å². The Morgan fingerprint density at radius 2 is 1.87 bits per heavy atom. The monoisotopic (exact) mass is 548 g/mol. The van der Waals surface area contributed by atoms with Crippen LogP contribution in [0.25, 0.3) is 11.8 Å². The van der Waals surface area contributed by atoms with Crippen LogP contribution in [-0.4, -0.2) is 24.3 Å². The number of ether oxygens (including phenoxy) is 2. The molecule has 0 fully saturated rings. The van der Waals surface area contributed by atoms with Gasteiger partial charge in [-0.3, -0.25) is 9.36 Å². The minimum Gasteiger partial charge on any atom is -0.496 e. The van der Waals surface area contributed by atoms with Gasteiger partial charge in [0.1, 0.15) is 11.6 Å². The summed E-state index contributed by atoms with van der Waals surface area (Å²) in [6.07, 6.45) is 1.69. The highest BCUT2D eigenvalue weighted by molar-refractivity contribution is 7.07. The third kappa shape index (κ3) is 4.80. The third-order valence-corrected chi connectivity index (χ3v) is 7.26. The van der Waals surface area contributed by atoms with Crippen molar-refractivity contribution in [1.82, 2.24) is 4.57 Å². The number of thiazole rings is 1.